The van der Waals surface area contributed by atoms with E-state index in [1.807, 2.05) is 0 Å². The molecule has 0 aliphatic heterocycles. The summed E-state index contributed by atoms with van der Waals surface area (Å²) in [4.78, 5) is 0. The van der Waals surface area contributed by atoms with Crippen molar-refractivity contribution >= 4 is 23.8 Å². The first-order valence-electron chi connectivity index (χ1n) is 27.7. The molecule has 9 aliphatic carbocycles. The van der Waals surface area contributed by atoms with E-state index in [4.69, 9.17) is 0 Å². The predicted molar refractivity (Wildman–Crippen MR) is 263 cm³/mol. The second-order valence-electron chi connectivity index (χ2n) is 22.0. The second-order valence-corrected chi connectivity index (χ2v) is 31.2. The van der Waals surface area contributed by atoms with Gasteiger partial charge in [-0.3, -0.25) is 0 Å². The molecule has 0 aromatic rings. The molecule has 0 unspecified atom stereocenters. The molecule has 0 N–H and O–H groups in total. The summed E-state index contributed by atoms with van der Waals surface area (Å²) in [7, 11) is 1.15. The Morgan fingerprint density at radius 1 is 0.138 bits per heavy atom. The van der Waals surface area contributed by atoms with Crippen LogP contribution in [0.5, 0.6) is 0 Å². The van der Waals surface area contributed by atoms with Crippen LogP contribution >= 0.6 is 23.8 Å². The van der Waals surface area contributed by atoms with Gasteiger partial charge in [0, 0.05) is 19.5 Å². The third-order valence-corrected chi connectivity index (χ3v) is 30.2. The Balaban J connectivity index is 0.000000145. The standard InChI is InChI=1S/3C18H33P.Rh/c3*1-4-10-16(11-5-1)19(17-12-6-2-7-13-17)18-14-8-3-9-15-18;/h3*16-18H,1-15H2;. The van der Waals surface area contributed by atoms with Gasteiger partial charge in [0.1, 0.15) is 0 Å². The van der Waals surface area contributed by atoms with Gasteiger partial charge < -0.3 is 0 Å². The third kappa shape index (κ3) is 15.5. The summed E-state index contributed by atoms with van der Waals surface area (Å²) in [5, 5.41) is 0. The average Bonchev–Trinajstić information content (AvgIpc) is 3.30. The summed E-state index contributed by atoms with van der Waals surface area (Å²) >= 11 is 0. The fourth-order valence-corrected chi connectivity index (χ4v) is 29.1. The molecule has 0 amide bonds. The van der Waals surface area contributed by atoms with Crippen molar-refractivity contribution in [1.29, 1.82) is 0 Å². The smallest absolute Gasteiger partial charge is 0 e. The van der Waals surface area contributed by atoms with E-state index in [2.05, 4.69) is 0 Å². The SMILES string of the molecule is C1CCC(P(C2CCCCC2)C2CCCCC2)CC1.C1CCC(P(C2CCCCC2)C2CCCCC2)CC1.C1CCC(P(C2CCCCC2)C2CCCCC2)CC1.[Rh]. The van der Waals surface area contributed by atoms with E-state index in [1.165, 1.54) is 109 Å². The Kier molecular flexibility index (Phi) is 24.5. The minimum absolute atomic E-state index is 0. The number of rotatable bonds is 9. The minimum atomic E-state index is 0. The zero-order valence-corrected chi connectivity index (χ0v) is 43.0. The van der Waals surface area contributed by atoms with Gasteiger partial charge in [0.05, 0.1) is 0 Å². The Labute approximate surface area is 380 Å². The van der Waals surface area contributed by atoms with Crippen LogP contribution in [0.15, 0.2) is 0 Å². The van der Waals surface area contributed by atoms with Gasteiger partial charge in [0.25, 0.3) is 0 Å². The third-order valence-electron chi connectivity index (χ3n) is 18.0. The molecule has 9 saturated carbocycles. The summed E-state index contributed by atoms with van der Waals surface area (Å²) < 4.78 is 0. The van der Waals surface area contributed by atoms with Crippen LogP contribution in [0.25, 0.3) is 0 Å². The van der Waals surface area contributed by atoms with Crippen molar-refractivity contribution < 1.29 is 19.5 Å². The van der Waals surface area contributed by atoms with Crippen molar-refractivity contribution in [3.05, 3.63) is 0 Å². The monoisotopic (exact) mass is 944 g/mol. The van der Waals surface area contributed by atoms with Gasteiger partial charge in [0.2, 0.25) is 0 Å². The topological polar surface area (TPSA) is 0 Å². The zero-order chi connectivity index (χ0) is 38.7. The maximum Gasteiger partial charge on any atom is 0 e. The van der Waals surface area contributed by atoms with E-state index in [0.29, 0.717) is 23.8 Å². The summed E-state index contributed by atoms with van der Waals surface area (Å²) in [6.45, 7) is 0. The Hall–Kier alpha value is 1.91. The summed E-state index contributed by atoms with van der Waals surface area (Å²) in [5.74, 6) is 0. The molecular weight excluding hydrogens is 844 g/mol. The van der Waals surface area contributed by atoms with Crippen molar-refractivity contribution in [1.82, 2.24) is 0 Å². The molecule has 9 rings (SSSR count). The van der Waals surface area contributed by atoms with Gasteiger partial charge in [-0.25, -0.2) is 0 Å². The molecule has 0 atom stereocenters. The maximum atomic E-state index is 1.61. The molecule has 4 heteroatoms. The van der Waals surface area contributed by atoms with Gasteiger partial charge >= 0.3 is 0 Å². The van der Waals surface area contributed by atoms with Crippen LogP contribution in [0.2, 0.25) is 0 Å². The predicted octanol–water partition coefficient (Wildman–Crippen LogP) is 19.4. The molecule has 9 fully saturated rings. The van der Waals surface area contributed by atoms with Crippen LogP contribution in [0, 0.1) is 0 Å². The fraction of sp³-hybridized carbons (Fsp3) is 1.00. The first-order chi connectivity index (χ1) is 28.3. The minimum Gasteiger partial charge on any atom is -0.0971 e. The van der Waals surface area contributed by atoms with Crippen LogP contribution in [0.3, 0.4) is 0 Å². The summed E-state index contributed by atoms with van der Waals surface area (Å²) in [5.41, 5.74) is 10.7. The summed E-state index contributed by atoms with van der Waals surface area (Å²) in [6, 6.07) is 0. The van der Waals surface area contributed by atoms with Crippen LogP contribution in [-0.2, 0) is 19.5 Å². The first kappa shape index (κ1) is 49.3. The molecule has 0 aromatic heterocycles. The second kappa shape index (κ2) is 28.7. The molecule has 9 aliphatic rings. The van der Waals surface area contributed by atoms with Gasteiger partial charge in [-0.1, -0.05) is 197 Å². The van der Waals surface area contributed by atoms with Gasteiger partial charge in [-0.2, -0.15) is 0 Å². The van der Waals surface area contributed by atoms with Gasteiger partial charge in [-0.15, -0.1) is 0 Å². The van der Waals surface area contributed by atoms with E-state index in [1.54, 1.807) is 231 Å². The quantitative estimate of drug-likeness (QED) is 0.160. The molecule has 0 aromatic carbocycles. The molecule has 1 radical (unpaired) electrons. The first-order valence-corrected chi connectivity index (χ1v) is 32.3. The van der Waals surface area contributed by atoms with Gasteiger partial charge in [0.15, 0.2) is 0 Å². The van der Waals surface area contributed by atoms with E-state index in [9.17, 15) is 0 Å². The largest absolute Gasteiger partial charge is 0.0971 e. The molecule has 58 heavy (non-hydrogen) atoms. The number of hydrogen-bond acceptors (Lipinski definition) is 0. The summed E-state index contributed by atoms with van der Waals surface area (Å²) in [6.07, 6.45) is 70.9. The van der Waals surface area contributed by atoms with Crippen molar-refractivity contribution in [2.75, 3.05) is 0 Å². The van der Waals surface area contributed by atoms with Gasteiger partial charge in [-0.05, 0) is 167 Å². The molecule has 0 spiro atoms. The average molecular weight is 944 g/mol. The van der Waals surface area contributed by atoms with Crippen LogP contribution in [0.4, 0.5) is 0 Å². The van der Waals surface area contributed by atoms with E-state index in [0.717, 1.165) is 0 Å². The molecule has 339 valence electrons. The van der Waals surface area contributed by atoms with Crippen LogP contribution < -0.4 is 0 Å². The fourth-order valence-electron chi connectivity index (χ4n) is 15.1. The normalized spacial score (nSPS) is 28.4. The van der Waals surface area contributed by atoms with Crippen LogP contribution in [-0.4, -0.2) is 50.9 Å². The van der Waals surface area contributed by atoms with Crippen molar-refractivity contribution in [3.63, 3.8) is 0 Å². The molecule has 0 nitrogen and oxygen atoms in total. The molecular formula is C54H99P3Rh. The molecule has 0 bridgehead atoms. The number of hydrogen-bond donors (Lipinski definition) is 0. The van der Waals surface area contributed by atoms with E-state index >= 15 is 0 Å². The zero-order valence-electron chi connectivity index (χ0n) is 38.7. The van der Waals surface area contributed by atoms with Crippen molar-refractivity contribution in [3.8, 4) is 0 Å². The van der Waals surface area contributed by atoms with Crippen molar-refractivity contribution in [2.45, 2.75) is 340 Å². The van der Waals surface area contributed by atoms with Crippen molar-refractivity contribution in [2.24, 2.45) is 0 Å². The Morgan fingerprint density at radius 3 is 0.310 bits per heavy atom. The molecule has 0 heterocycles. The Morgan fingerprint density at radius 2 is 0.224 bits per heavy atom. The maximum absolute atomic E-state index is 1.61. The van der Waals surface area contributed by atoms with E-state index < -0.39 is 0 Å². The Bertz CT molecular complexity index is 741. The van der Waals surface area contributed by atoms with Crippen LogP contribution in [0.1, 0.15) is 289 Å². The van der Waals surface area contributed by atoms with E-state index in [-0.39, 0.29) is 19.5 Å². The molecule has 0 saturated heterocycles.